The number of alkyl carbamates (subject to hydrolysis) is 1. The molecule has 2 aromatic carbocycles. The lowest BCUT2D eigenvalue weighted by atomic mass is 9.99. The van der Waals surface area contributed by atoms with Gasteiger partial charge in [-0.05, 0) is 56.0 Å². The number of aliphatic hydroxyl groups is 1. The molecular formula is C30H36N4O5. The van der Waals surface area contributed by atoms with Gasteiger partial charge in [0.2, 0.25) is 5.91 Å². The topological polar surface area (TPSA) is 130 Å². The first-order chi connectivity index (χ1) is 18.6. The van der Waals surface area contributed by atoms with Crippen LogP contribution in [-0.2, 0) is 33.7 Å². The van der Waals surface area contributed by atoms with Crippen LogP contribution in [0.1, 0.15) is 37.5 Å². The maximum absolute atomic E-state index is 13.5. The molecule has 0 saturated heterocycles. The number of aromatic nitrogens is 1. The molecule has 3 aromatic rings. The number of nitrogens with one attached hydrogen (secondary N) is 3. The van der Waals surface area contributed by atoms with E-state index in [2.05, 4.69) is 20.9 Å². The van der Waals surface area contributed by atoms with Crippen LogP contribution in [0.5, 0.6) is 0 Å². The minimum atomic E-state index is -1.54. The number of ether oxygens (including phenoxy) is 1. The Morgan fingerprint density at radius 3 is 1.95 bits per heavy atom. The summed E-state index contributed by atoms with van der Waals surface area (Å²) in [5, 5.41) is 19.2. The molecule has 9 heteroatoms. The van der Waals surface area contributed by atoms with E-state index in [0.29, 0.717) is 0 Å². The minimum absolute atomic E-state index is 0.155. The van der Waals surface area contributed by atoms with E-state index in [4.69, 9.17) is 4.74 Å². The van der Waals surface area contributed by atoms with Gasteiger partial charge in [0, 0.05) is 25.4 Å². The minimum Gasteiger partial charge on any atom is -0.444 e. The molecule has 3 rings (SSSR count). The lowest BCUT2D eigenvalue weighted by Crippen LogP contribution is -2.57. The van der Waals surface area contributed by atoms with E-state index in [-0.39, 0.29) is 19.4 Å². The molecule has 0 aliphatic rings. The highest BCUT2D eigenvalue weighted by Crippen LogP contribution is 2.11. The van der Waals surface area contributed by atoms with Crippen LogP contribution in [0, 0.1) is 0 Å². The van der Waals surface area contributed by atoms with Gasteiger partial charge in [-0.3, -0.25) is 14.6 Å². The van der Waals surface area contributed by atoms with Crippen molar-refractivity contribution in [2.24, 2.45) is 0 Å². The van der Waals surface area contributed by atoms with Gasteiger partial charge in [-0.1, -0.05) is 60.7 Å². The van der Waals surface area contributed by atoms with Crippen LogP contribution in [0.25, 0.3) is 0 Å². The van der Waals surface area contributed by atoms with E-state index in [1.54, 1.807) is 45.3 Å². The average molecular weight is 533 g/mol. The van der Waals surface area contributed by atoms with Crippen LogP contribution in [-0.4, -0.2) is 51.8 Å². The van der Waals surface area contributed by atoms with Crippen LogP contribution in [0.2, 0.25) is 0 Å². The second-order valence-electron chi connectivity index (χ2n) is 10.2. The van der Waals surface area contributed by atoms with Gasteiger partial charge in [0.25, 0.3) is 5.91 Å². The van der Waals surface area contributed by atoms with Crippen molar-refractivity contribution < 1.29 is 24.2 Å². The molecule has 1 heterocycles. The third-order valence-electron chi connectivity index (χ3n) is 5.78. The first-order valence-electron chi connectivity index (χ1n) is 12.8. The number of hydrogen-bond donors (Lipinski definition) is 4. The third kappa shape index (κ3) is 10.2. The van der Waals surface area contributed by atoms with Crippen molar-refractivity contribution in [1.82, 2.24) is 20.9 Å². The van der Waals surface area contributed by atoms with Crippen LogP contribution in [0.3, 0.4) is 0 Å². The summed E-state index contributed by atoms with van der Waals surface area (Å²) in [6.07, 6.45) is 1.25. The first kappa shape index (κ1) is 29.3. The Kier molecular flexibility index (Phi) is 10.6. The SMILES string of the molecule is CC(C)(C)OC(=O)N[C@@H](Cc1ccncc1)C(=O)NC(Cc1ccccc1)[C@H](O)C(=O)NCc1ccccc1. The summed E-state index contributed by atoms with van der Waals surface area (Å²) in [7, 11) is 0. The van der Waals surface area contributed by atoms with Crippen LogP contribution < -0.4 is 16.0 Å². The zero-order chi connectivity index (χ0) is 28.3. The molecule has 4 N–H and O–H groups in total. The second-order valence-corrected chi connectivity index (χ2v) is 10.2. The highest BCUT2D eigenvalue weighted by atomic mass is 16.6. The molecule has 1 aromatic heterocycles. The lowest BCUT2D eigenvalue weighted by Gasteiger charge is -2.27. The standard InChI is InChI=1S/C30H36N4O5/c1-30(2,3)39-29(38)34-25(19-22-14-16-31-17-15-22)27(36)33-24(18-21-10-6-4-7-11-21)26(35)28(37)32-20-23-12-8-5-9-13-23/h4-17,24-26,35H,18-20H2,1-3H3,(H,32,37)(H,33,36)(H,34,38)/t24?,25-,26-/m0/s1. The number of pyridine rings is 1. The summed E-state index contributed by atoms with van der Waals surface area (Å²) in [6, 6.07) is 20.0. The largest absolute Gasteiger partial charge is 0.444 e. The van der Waals surface area contributed by atoms with Gasteiger partial charge in [-0.15, -0.1) is 0 Å². The predicted octanol–water partition coefficient (Wildman–Crippen LogP) is 2.92. The van der Waals surface area contributed by atoms with Crippen molar-refractivity contribution in [3.8, 4) is 0 Å². The predicted molar refractivity (Wildman–Crippen MR) is 147 cm³/mol. The monoisotopic (exact) mass is 532 g/mol. The van der Waals surface area contributed by atoms with Crippen molar-refractivity contribution in [3.63, 3.8) is 0 Å². The molecule has 1 unspecified atom stereocenters. The normalized spacial score (nSPS) is 13.4. The van der Waals surface area contributed by atoms with Crippen LogP contribution >= 0.6 is 0 Å². The van der Waals surface area contributed by atoms with E-state index >= 15 is 0 Å². The Bertz CT molecular complexity index is 1200. The smallest absolute Gasteiger partial charge is 0.408 e. The fourth-order valence-electron chi connectivity index (χ4n) is 3.88. The fraction of sp³-hybridized carbons (Fsp3) is 0.333. The quantitative estimate of drug-likeness (QED) is 0.301. The van der Waals surface area contributed by atoms with E-state index in [1.165, 1.54) is 0 Å². The van der Waals surface area contributed by atoms with Crippen molar-refractivity contribution in [2.45, 2.75) is 63.9 Å². The molecule has 9 nitrogen and oxygen atoms in total. The summed E-state index contributed by atoms with van der Waals surface area (Å²) in [5.41, 5.74) is 1.70. The van der Waals surface area contributed by atoms with E-state index in [0.717, 1.165) is 16.7 Å². The van der Waals surface area contributed by atoms with E-state index in [9.17, 15) is 19.5 Å². The number of rotatable bonds is 11. The van der Waals surface area contributed by atoms with Crippen molar-refractivity contribution in [2.75, 3.05) is 0 Å². The number of carbonyl (C=O) groups is 3. The lowest BCUT2D eigenvalue weighted by molar-refractivity contribution is -0.132. The zero-order valence-corrected chi connectivity index (χ0v) is 22.5. The Morgan fingerprint density at radius 1 is 0.795 bits per heavy atom. The Labute approximate surface area is 229 Å². The number of carbonyl (C=O) groups excluding carboxylic acids is 3. The highest BCUT2D eigenvalue weighted by molar-refractivity contribution is 5.88. The Morgan fingerprint density at radius 2 is 1.36 bits per heavy atom. The summed E-state index contributed by atoms with van der Waals surface area (Å²) < 4.78 is 5.36. The molecule has 0 saturated carbocycles. The molecule has 3 atom stereocenters. The first-order valence-corrected chi connectivity index (χ1v) is 12.8. The van der Waals surface area contributed by atoms with E-state index in [1.807, 2.05) is 60.7 Å². The molecule has 206 valence electrons. The maximum Gasteiger partial charge on any atom is 0.408 e. The number of hydrogen-bond acceptors (Lipinski definition) is 6. The van der Waals surface area contributed by atoms with E-state index < -0.39 is 41.7 Å². The zero-order valence-electron chi connectivity index (χ0n) is 22.5. The molecule has 3 amide bonds. The maximum atomic E-state index is 13.5. The number of nitrogens with zero attached hydrogens (tertiary/aromatic N) is 1. The van der Waals surface area contributed by atoms with Gasteiger partial charge in [0.05, 0.1) is 6.04 Å². The molecule has 0 spiro atoms. The summed E-state index contributed by atoms with van der Waals surface area (Å²) >= 11 is 0. The molecule has 0 fully saturated rings. The van der Waals surface area contributed by atoms with Crippen LogP contribution in [0.4, 0.5) is 4.79 Å². The van der Waals surface area contributed by atoms with Gasteiger partial charge in [0.1, 0.15) is 11.6 Å². The van der Waals surface area contributed by atoms with Crippen LogP contribution in [0.15, 0.2) is 85.2 Å². The fourth-order valence-corrected chi connectivity index (χ4v) is 3.88. The summed E-state index contributed by atoms with van der Waals surface area (Å²) in [5.74, 6) is -1.18. The van der Waals surface area contributed by atoms with Gasteiger partial charge < -0.3 is 25.8 Å². The summed E-state index contributed by atoms with van der Waals surface area (Å²) in [6.45, 7) is 5.41. The Balaban J connectivity index is 1.78. The Hall–Kier alpha value is -4.24. The van der Waals surface area contributed by atoms with Crippen molar-refractivity contribution in [3.05, 3.63) is 102 Å². The molecule has 39 heavy (non-hydrogen) atoms. The highest BCUT2D eigenvalue weighted by Gasteiger charge is 2.31. The summed E-state index contributed by atoms with van der Waals surface area (Å²) in [4.78, 5) is 43.0. The number of aliphatic hydroxyl groups excluding tert-OH is 1. The van der Waals surface area contributed by atoms with Crippen molar-refractivity contribution >= 4 is 17.9 Å². The molecule has 0 aliphatic carbocycles. The third-order valence-corrected chi connectivity index (χ3v) is 5.78. The molecular weight excluding hydrogens is 496 g/mol. The average Bonchev–Trinajstić information content (AvgIpc) is 2.91. The van der Waals surface area contributed by atoms with Gasteiger partial charge in [-0.25, -0.2) is 4.79 Å². The second kappa shape index (κ2) is 14.1. The van der Waals surface area contributed by atoms with Crippen molar-refractivity contribution in [1.29, 1.82) is 0 Å². The number of amides is 3. The molecule has 0 aliphatic heterocycles. The molecule has 0 radical (unpaired) electrons. The van der Waals surface area contributed by atoms with Gasteiger partial charge in [0.15, 0.2) is 6.10 Å². The molecule has 0 bridgehead atoms. The van der Waals surface area contributed by atoms with Gasteiger partial charge >= 0.3 is 6.09 Å². The number of benzene rings is 2. The van der Waals surface area contributed by atoms with Gasteiger partial charge in [-0.2, -0.15) is 0 Å².